The van der Waals surface area contributed by atoms with Gasteiger partial charge in [0.1, 0.15) is 0 Å². The third-order valence-corrected chi connectivity index (χ3v) is 7.70. The summed E-state index contributed by atoms with van der Waals surface area (Å²) < 4.78 is 11.6. The van der Waals surface area contributed by atoms with Crippen LogP contribution in [0, 0.1) is 0 Å². The monoisotopic (exact) mass is 459 g/mol. The summed E-state index contributed by atoms with van der Waals surface area (Å²) in [5.74, 6) is 0.877. The van der Waals surface area contributed by atoms with E-state index in [2.05, 4.69) is 33.3 Å². The Bertz CT molecular complexity index is 958. The van der Waals surface area contributed by atoms with Crippen molar-refractivity contribution in [3.8, 4) is 22.3 Å². The molecule has 3 rings (SSSR count). The summed E-state index contributed by atoms with van der Waals surface area (Å²) in [6, 6.07) is 14.6. The van der Waals surface area contributed by atoms with E-state index in [-0.39, 0.29) is 0 Å². The van der Waals surface area contributed by atoms with E-state index in [9.17, 15) is 0 Å². The second-order valence-electron chi connectivity index (χ2n) is 6.00. The zero-order valence-electron chi connectivity index (χ0n) is 16.0. The van der Waals surface area contributed by atoms with Crippen LogP contribution in [0.25, 0.3) is 10.6 Å². The number of methoxy groups -OCH3 is 2. The molecule has 1 atom stereocenters. The van der Waals surface area contributed by atoms with Gasteiger partial charge in [0.2, 0.25) is 0 Å². The Morgan fingerprint density at radius 1 is 1.11 bits per heavy atom. The van der Waals surface area contributed by atoms with Crippen molar-refractivity contribution in [1.82, 2.24) is 9.97 Å². The first-order valence-electron chi connectivity index (χ1n) is 8.72. The van der Waals surface area contributed by atoms with Crippen molar-refractivity contribution in [2.24, 2.45) is 5.16 Å². The summed E-state index contributed by atoms with van der Waals surface area (Å²) in [6.07, 6.45) is 1.01. The van der Waals surface area contributed by atoms with Gasteiger partial charge in [0.15, 0.2) is 0 Å². The summed E-state index contributed by atoms with van der Waals surface area (Å²) in [5, 5.41) is 13.3. The fourth-order valence-electron chi connectivity index (χ4n) is 2.58. The number of aromatic nitrogens is 2. The van der Waals surface area contributed by atoms with Crippen LogP contribution in [-0.4, -0.2) is 50.9 Å². The predicted octanol–water partition coefficient (Wildman–Crippen LogP) is 3.14. The third kappa shape index (κ3) is 5.12. The number of hydrogen-bond acceptors (Lipinski definition) is 7. The van der Waals surface area contributed by atoms with E-state index in [0.29, 0.717) is 11.7 Å². The number of oxime groups is 1. The van der Waals surface area contributed by atoms with Crippen molar-refractivity contribution < 1.29 is 14.7 Å². The van der Waals surface area contributed by atoms with Crippen molar-refractivity contribution in [3.05, 3.63) is 52.9 Å². The summed E-state index contributed by atoms with van der Waals surface area (Å²) in [7, 11) is 3.26. The van der Waals surface area contributed by atoms with E-state index in [1.807, 2.05) is 24.3 Å². The Balaban J connectivity index is 1.72. The number of hydrogen-bond donors (Lipinski definition) is 1. The molecular formula is C20H22AsN3O3S. The average molecular weight is 459 g/mol. The molecule has 0 amide bonds. The molecular weight excluding hydrogens is 437 g/mol. The molecule has 8 heteroatoms. The predicted molar refractivity (Wildman–Crippen MR) is 114 cm³/mol. The normalized spacial score (nSPS) is 11.9. The Labute approximate surface area is 174 Å². The van der Waals surface area contributed by atoms with Crippen molar-refractivity contribution in [2.45, 2.75) is 18.6 Å². The first-order chi connectivity index (χ1) is 13.6. The molecule has 0 aliphatic rings. The summed E-state index contributed by atoms with van der Waals surface area (Å²) in [6.45, 7) is 1.77. The number of rotatable bonds is 8. The quantitative estimate of drug-likeness (QED) is 0.242. The molecule has 0 spiro atoms. The molecule has 3 aromatic rings. The molecule has 0 radical (unpaired) electrons. The van der Waals surface area contributed by atoms with Gasteiger partial charge in [-0.25, -0.2) is 0 Å². The Kier molecular flexibility index (Phi) is 7.06. The first kappa shape index (κ1) is 20.4. The van der Waals surface area contributed by atoms with Crippen molar-refractivity contribution in [2.75, 3.05) is 14.2 Å². The van der Waals surface area contributed by atoms with E-state index < -0.39 is 15.8 Å². The zero-order valence-corrected chi connectivity index (χ0v) is 18.9. The topological polar surface area (TPSA) is 76.8 Å². The second kappa shape index (κ2) is 9.71. The molecule has 2 aromatic heterocycles. The molecule has 1 aromatic carbocycles. The molecule has 146 valence electrons. The van der Waals surface area contributed by atoms with Crippen LogP contribution in [0.1, 0.15) is 17.4 Å². The van der Waals surface area contributed by atoms with Gasteiger partial charge < -0.3 is 0 Å². The van der Waals surface area contributed by atoms with Gasteiger partial charge in [-0.05, 0) is 0 Å². The number of thiophene rings is 1. The van der Waals surface area contributed by atoms with Gasteiger partial charge in [0.25, 0.3) is 0 Å². The number of nitrogens with zero attached hydrogens (tertiary/aromatic N) is 3. The van der Waals surface area contributed by atoms with Gasteiger partial charge in [-0.3, -0.25) is 0 Å². The Hall–Kier alpha value is -2.37. The van der Waals surface area contributed by atoms with Crippen LogP contribution in [0.5, 0.6) is 11.8 Å². The minimum atomic E-state index is -0.423. The second-order valence-corrected chi connectivity index (χ2v) is 9.95. The van der Waals surface area contributed by atoms with Crippen LogP contribution in [0.4, 0.5) is 0 Å². The maximum atomic E-state index is 8.96. The van der Waals surface area contributed by atoms with Crippen LogP contribution in [0.3, 0.4) is 0 Å². The fourth-order valence-corrected chi connectivity index (χ4v) is 5.76. The van der Waals surface area contributed by atoms with E-state index in [1.54, 1.807) is 21.1 Å². The summed E-state index contributed by atoms with van der Waals surface area (Å²) in [4.78, 5) is 10.9. The van der Waals surface area contributed by atoms with Crippen LogP contribution in [0.15, 0.2) is 47.6 Å². The van der Waals surface area contributed by atoms with Crippen molar-refractivity contribution >= 4 is 37.3 Å². The summed E-state index contributed by atoms with van der Waals surface area (Å²) >= 11 is 1.11. The third-order valence-electron chi connectivity index (χ3n) is 4.13. The van der Waals surface area contributed by atoms with Crippen LogP contribution >= 0.6 is 11.3 Å². The Morgan fingerprint density at radius 2 is 1.89 bits per heavy atom. The minimum absolute atomic E-state index is 0.392. The van der Waals surface area contributed by atoms with Gasteiger partial charge in [0, 0.05) is 0 Å². The van der Waals surface area contributed by atoms with Gasteiger partial charge in [-0.1, -0.05) is 0 Å². The van der Waals surface area contributed by atoms with Gasteiger partial charge in [0.05, 0.1) is 0 Å². The van der Waals surface area contributed by atoms with Crippen LogP contribution in [-0.2, 0) is 6.42 Å². The molecule has 28 heavy (non-hydrogen) atoms. The Morgan fingerprint density at radius 3 is 2.57 bits per heavy atom. The molecule has 0 bridgehead atoms. The standard InChI is InChI=1S/C20H22AsN3O3S/c1-13(24-25)17-8-9-18(28-17)16-12-19(23-20(22-16)27-3)21-11-10-14-4-6-15(26-2)7-5-14/h4-9,12,21,25H,10-11H2,1-3H3. The van der Waals surface area contributed by atoms with Crippen LogP contribution < -0.4 is 14.0 Å². The molecule has 0 fully saturated rings. The average Bonchev–Trinajstić information content (AvgIpc) is 3.24. The molecule has 0 aliphatic heterocycles. The summed E-state index contributed by atoms with van der Waals surface area (Å²) in [5.41, 5.74) is 2.73. The van der Waals surface area contributed by atoms with Crippen molar-refractivity contribution in [3.63, 3.8) is 0 Å². The van der Waals surface area contributed by atoms with Gasteiger partial charge in [-0.2, -0.15) is 0 Å². The van der Waals surface area contributed by atoms with Crippen molar-refractivity contribution in [1.29, 1.82) is 0 Å². The molecule has 2 heterocycles. The van der Waals surface area contributed by atoms with E-state index in [1.165, 1.54) is 16.9 Å². The first-order valence-corrected chi connectivity index (χ1v) is 12.1. The van der Waals surface area contributed by atoms with Crippen LogP contribution in [0.2, 0.25) is 5.21 Å². The van der Waals surface area contributed by atoms with E-state index in [0.717, 1.165) is 37.3 Å². The van der Waals surface area contributed by atoms with E-state index >= 15 is 0 Å². The maximum absolute atomic E-state index is 8.96. The van der Waals surface area contributed by atoms with Gasteiger partial charge in [-0.15, -0.1) is 0 Å². The van der Waals surface area contributed by atoms with Gasteiger partial charge >= 0.3 is 175 Å². The number of benzene rings is 1. The molecule has 1 unspecified atom stereocenters. The number of ether oxygens (including phenoxy) is 2. The fraction of sp³-hybridized carbons (Fsp3) is 0.250. The number of aryl methyl sites for hydroxylation is 1. The molecule has 0 aliphatic carbocycles. The zero-order chi connectivity index (χ0) is 19.9. The molecule has 1 N–H and O–H groups in total. The molecule has 0 saturated carbocycles. The SMILES string of the molecule is COc1ccc(CC[AsH]c2cc(-c3ccc(C(C)=NO)s3)nc(OC)n2)cc1. The molecule has 0 saturated heterocycles. The molecule has 6 nitrogen and oxygen atoms in total. The van der Waals surface area contributed by atoms with E-state index in [4.69, 9.17) is 14.7 Å².